The summed E-state index contributed by atoms with van der Waals surface area (Å²) >= 11 is 5.49. The van der Waals surface area contributed by atoms with Crippen LogP contribution in [0.3, 0.4) is 0 Å². The predicted molar refractivity (Wildman–Crippen MR) is 72.8 cm³/mol. The van der Waals surface area contributed by atoms with Gasteiger partial charge < -0.3 is 5.32 Å². The average molecular weight is 300 g/mol. The van der Waals surface area contributed by atoms with Crippen LogP contribution in [0.5, 0.6) is 0 Å². The summed E-state index contributed by atoms with van der Waals surface area (Å²) < 4.78 is 1.30. The molecule has 0 spiro atoms. The maximum atomic E-state index is 3.69. The first-order chi connectivity index (χ1) is 7.83. The molecule has 88 valence electrons. The van der Waals surface area contributed by atoms with Crippen LogP contribution in [0.4, 0.5) is 0 Å². The van der Waals surface area contributed by atoms with Gasteiger partial charge in [-0.2, -0.15) is 11.3 Å². The number of halogens is 1. The van der Waals surface area contributed by atoms with Crippen LogP contribution >= 0.6 is 27.3 Å². The monoisotopic (exact) mass is 299 g/mol. The molecule has 16 heavy (non-hydrogen) atoms. The van der Waals surface area contributed by atoms with E-state index in [1.165, 1.54) is 29.3 Å². The zero-order valence-electron chi connectivity index (χ0n) is 9.58. The molecule has 0 radical (unpaired) electrons. The van der Waals surface area contributed by atoms with Crippen molar-refractivity contribution in [3.05, 3.63) is 20.8 Å². The lowest BCUT2D eigenvalue weighted by molar-refractivity contribution is 0.425. The SMILES string of the molecule is CCNC(c1cscc1Br)C1C2CCCC21. The van der Waals surface area contributed by atoms with Crippen molar-refractivity contribution in [1.82, 2.24) is 5.32 Å². The van der Waals surface area contributed by atoms with Crippen molar-refractivity contribution in [2.45, 2.75) is 32.2 Å². The summed E-state index contributed by atoms with van der Waals surface area (Å²) in [7, 11) is 0. The maximum absolute atomic E-state index is 3.69. The van der Waals surface area contributed by atoms with Crippen molar-refractivity contribution >= 4 is 27.3 Å². The highest BCUT2D eigenvalue weighted by Crippen LogP contribution is 2.62. The largest absolute Gasteiger partial charge is 0.310 e. The van der Waals surface area contributed by atoms with Gasteiger partial charge in [0.15, 0.2) is 0 Å². The van der Waals surface area contributed by atoms with Crippen molar-refractivity contribution in [3.8, 4) is 0 Å². The molecule has 3 atom stereocenters. The molecule has 3 unspecified atom stereocenters. The van der Waals surface area contributed by atoms with E-state index in [1.54, 1.807) is 11.3 Å². The zero-order valence-corrected chi connectivity index (χ0v) is 12.0. The Labute approximate surface area is 110 Å². The van der Waals surface area contributed by atoms with E-state index in [0.29, 0.717) is 6.04 Å². The van der Waals surface area contributed by atoms with Crippen molar-refractivity contribution in [1.29, 1.82) is 0 Å². The number of hydrogen-bond donors (Lipinski definition) is 1. The minimum Gasteiger partial charge on any atom is -0.310 e. The minimum absolute atomic E-state index is 0.598. The van der Waals surface area contributed by atoms with Gasteiger partial charge in [0.05, 0.1) is 0 Å². The highest BCUT2D eigenvalue weighted by molar-refractivity contribution is 9.10. The molecule has 2 saturated carbocycles. The molecule has 0 saturated heterocycles. The molecule has 2 aliphatic rings. The Bertz CT molecular complexity index is 366. The predicted octanol–water partition coefficient (Wildman–Crippen LogP) is 4.21. The smallest absolute Gasteiger partial charge is 0.0373 e. The number of nitrogens with one attached hydrogen (secondary N) is 1. The van der Waals surface area contributed by atoms with E-state index < -0.39 is 0 Å². The third-order valence-corrected chi connectivity index (χ3v) is 6.01. The third-order valence-electron chi connectivity index (χ3n) is 4.26. The van der Waals surface area contributed by atoms with Gasteiger partial charge in [0.2, 0.25) is 0 Å². The van der Waals surface area contributed by atoms with E-state index in [9.17, 15) is 0 Å². The highest BCUT2D eigenvalue weighted by Gasteiger charge is 2.56. The van der Waals surface area contributed by atoms with Crippen LogP contribution in [0, 0.1) is 17.8 Å². The molecular weight excluding hydrogens is 282 g/mol. The lowest BCUT2D eigenvalue weighted by atomic mass is 9.99. The van der Waals surface area contributed by atoms with Crippen LogP contribution in [0.2, 0.25) is 0 Å². The Morgan fingerprint density at radius 3 is 2.75 bits per heavy atom. The highest BCUT2D eigenvalue weighted by atomic mass is 79.9. The van der Waals surface area contributed by atoms with Gasteiger partial charge in [-0.15, -0.1) is 0 Å². The second-order valence-electron chi connectivity index (χ2n) is 5.05. The maximum Gasteiger partial charge on any atom is 0.0373 e. The number of hydrogen-bond acceptors (Lipinski definition) is 2. The first-order valence-electron chi connectivity index (χ1n) is 6.28. The van der Waals surface area contributed by atoms with Gasteiger partial charge in [0, 0.05) is 15.9 Å². The summed E-state index contributed by atoms with van der Waals surface area (Å²) in [5.74, 6) is 2.96. The normalized spacial score (nSPS) is 33.8. The van der Waals surface area contributed by atoms with E-state index in [2.05, 4.69) is 38.9 Å². The quantitative estimate of drug-likeness (QED) is 0.878. The molecule has 1 aromatic rings. The summed E-state index contributed by atoms with van der Waals surface area (Å²) in [4.78, 5) is 0. The molecule has 3 heteroatoms. The zero-order chi connectivity index (χ0) is 11.1. The Hall–Kier alpha value is 0.140. The van der Waals surface area contributed by atoms with Gasteiger partial charge in [-0.1, -0.05) is 13.3 Å². The summed E-state index contributed by atoms with van der Waals surface area (Å²) in [6, 6.07) is 0.598. The van der Waals surface area contributed by atoms with Gasteiger partial charge in [-0.25, -0.2) is 0 Å². The molecule has 2 aliphatic carbocycles. The van der Waals surface area contributed by atoms with Gasteiger partial charge in [0.25, 0.3) is 0 Å². The fourth-order valence-electron chi connectivity index (χ4n) is 3.56. The second kappa shape index (κ2) is 4.43. The van der Waals surface area contributed by atoms with Crippen molar-refractivity contribution in [2.75, 3.05) is 6.54 Å². The molecule has 0 aromatic carbocycles. The van der Waals surface area contributed by atoms with Gasteiger partial charge in [-0.05, 0) is 64.0 Å². The fourth-order valence-corrected chi connectivity index (χ4v) is 5.14. The molecule has 1 N–H and O–H groups in total. The summed E-state index contributed by atoms with van der Waals surface area (Å²) in [6.07, 6.45) is 4.41. The molecule has 2 fully saturated rings. The van der Waals surface area contributed by atoms with Crippen molar-refractivity contribution < 1.29 is 0 Å². The Balaban J connectivity index is 1.80. The van der Waals surface area contributed by atoms with E-state index in [0.717, 1.165) is 24.3 Å². The van der Waals surface area contributed by atoms with Crippen LogP contribution in [0.25, 0.3) is 0 Å². The fraction of sp³-hybridized carbons (Fsp3) is 0.692. The summed E-state index contributed by atoms with van der Waals surface area (Å²) in [5.41, 5.74) is 1.49. The summed E-state index contributed by atoms with van der Waals surface area (Å²) in [5, 5.41) is 8.21. The number of rotatable bonds is 4. The molecule has 1 nitrogen and oxygen atoms in total. The van der Waals surface area contributed by atoms with Gasteiger partial charge >= 0.3 is 0 Å². The Kier molecular flexibility index (Phi) is 3.11. The van der Waals surface area contributed by atoms with Crippen LogP contribution in [0.15, 0.2) is 15.2 Å². The lowest BCUT2D eigenvalue weighted by Crippen LogP contribution is -2.24. The first-order valence-corrected chi connectivity index (χ1v) is 8.01. The molecule has 3 rings (SSSR count). The molecule has 0 aliphatic heterocycles. The van der Waals surface area contributed by atoms with Crippen LogP contribution < -0.4 is 5.32 Å². The van der Waals surface area contributed by atoms with Crippen LogP contribution in [-0.2, 0) is 0 Å². The van der Waals surface area contributed by atoms with Crippen LogP contribution in [0.1, 0.15) is 37.8 Å². The summed E-state index contributed by atoms with van der Waals surface area (Å²) in [6.45, 7) is 3.29. The Morgan fingerprint density at radius 1 is 1.44 bits per heavy atom. The molecule has 1 aromatic heterocycles. The van der Waals surface area contributed by atoms with E-state index in [4.69, 9.17) is 0 Å². The van der Waals surface area contributed by atoms with E-state index in [1.807, 2.05) is 0 Å². The molecule has 0 amide bonds. The van der Waals surface area contributed by atoms with Crippen molar-refractivity contribution in [3.63, 3.8) is 0 Å². The minimum atomic E-state index is 0.598. The first kappa shape index (κ1) is 11.2. The number of fused-ring (bicyclic) bond motifs is 1. The topological polar surface area (TPSA) is 12.0 Å². The lowest BCUT2D eigenvalue weighted by Gasteiger charge is -2.19. The number of thiophene rings is 1. The third kappa shape index (κ3) is 1.77. The second-order valence-corrected chi connectivity index (χ2v) is 6.64. The van der Waals surface area contributed by atoms with E-state index in [-0.39, 0.29) is 0 Å². The molecular formula is C13H18BrNS. The van der Waals surface area contributed by atoms with E-state index >= 15 is 0 Å². The molecule has 1 heterocycles. The van der Waals surface area contributed by atoms with Gasteiger partial charge in [0.1, 0.15) is 0 Å². The van der Waals surface area contributed by atoms with Crippen LogP contribution in [-0.4, -0.2) is 6.54 Å². The molecule has 0 bridgehead atoms. The standard InChI is InChI=1S/C13H18BrNS/c1-2-15-13(10-6-16-7-11(10)14)12-8-4-3-5-9(8)12/h6-9,12-13,15H,2-5H2,1H3. The average Bonchev–Trinajstić information content (AvgIpc) is 2.69. The van der Waals surface area contributed by atoms with Crippen molar-refractivity contribution in [2.24, 2.45) is 17.8 Å². The van der Waals surface area contributed by atoms with Gasteiger partial charge in [-0.3, -0.25) is 0 Å². The Morgan fingerprint density at radius 2 is 2.19 bits per heavy atom.